The van der Waals surface area contributed by atoms with Crippen molar-refractivity contribution < 1.29 is 37.7 Å². The number of hydrogen-bond acceptors (Lipinski definition) is 9. The molecule has 10 nitrogen and oxygen atoms in total. The Hall–Kier alpha value is -2.34. The number of thioether (sulfide) groups is 1. The Kier molecular flexibility index (Phi) is 9.11. The maximum atomic E-state index is 14.3. The molecule has 168 valence electrons. The van der Waals surface area contributed by atoms with Gasteiger partial charge in [0.1, 0.15) is 42.2 Å². The predicted octanol–water partition coefficient (Wildman–Crippen LogP) is 3.51. The molecule has 0 amide bonds. The van der Waals surface area contributed by atoms with E-state index in [1.807, 2.05) is 0 Å². The molecule has 0 aliphatic carbocycles. The zero-order chi connectivity index (χ0) is 23.1. The lowest BCUT2D eigenvalue weighted by atomic mass is 9.97. The Morgan fingerprint density at radius 3 is 2.42 bits per heavy atom. The summed E-state index contributed by atoms with van der Waals surface area (Å²) in [7, 11) is 0. The molecule has 1 aromatic carbocycles. The molecule has 1 aliphatic rings. The Bertz CT molecular complexity index is 899. The highest BCUT2D eigenvalue weighted by atomic mass is 79.9. The molecule has 13 heteroatoms. The van der Waals surface area contributed by atoms with E-state index < -0.39 is 53.5 Å². The fourth-order valence-electron chi connectivity index (χ4n) is 2.86. The highest BCUT2D eigenvalue weighted by Crippen LogP contribution is 2.39. The van der Waals surface area contributed by atoms with E-state index in [2.05, 4.69) is 26.0 Å². The van der Waals surface area contributed by atoms with Crippen molar-refractivity contribution in [3.63, 3.8) is 0 Å². The van der Waals surface area contributed by atoms with Crippen molar-refractivity contribution in [3.8, 4) is 0 Å². The number of ether oxygens (including phenoxy) is 4. The molecule has 1 heterocycles. The Balaban J connectivity index is 2.47. The van der Waals surface area contributed by atoms with Crippen molar-refractivity contribution in [2.45, 2.75) is 55.5 Å². The zero-order valence-corrected chi connectivity index (χ0v) is 19.1. The Labute approximate surface area is 189 Å². The molecule has 0 saturated carbocycles. The van der Waals surface area contributed by atoms with Crippen LogP contribution in [0, 0.1) is 5.82 Å². The van der Waals surface area contributed by atoms with Crippen LogP contribution < -0.4 is 0 Å². The fraction of sp³-hybridized carbons (Fsp3) is 0.500. The molecule has 1 aliphatic heterocycles. The first-order chi connectivity index (χ1) is 14.6. The molecule has 0 aromatic heterocycles. The van der Waals surface area contributed by atoms with Gasteiger partial charge in [0.05, 0.1) is 0 Å². The van der Waals surface area contributed by atoms with E-state index in [-0.39, 0.29) is 11.5 Å². The fourth-order valence-corrected chi connectivity index (χ4v) is 4.55. The minimum Gasteiger partial charge on any atom is -0.463 e. The maximum absolute atomic E-state index is 14.3. The van der Waals surface area contributed by atoms with Crippen molar-refractivity contribution in [3.05, 3.63) is 38.9 Å². The number of rotatable bonds is 7. The van der Waals surface area contributed by atoms with Crippen LogP contribution in [0.1, 0.15) is 20.8 Å². The van der Waals surface area contributed by atoms with Gasteiger partial charge in [-0.25, -0.2) is 4.39 Å². The molecule has 3 unspecified atom stereocenters. The van der Waals surface area contributed by atoms with Gasteiger partial charge >= 0.3 is 17.9 Å². The number of carbonyl (C=O) groups is 3. The molecule has 1 saturated heterocycles. The quantitative estimate of drug-likeness (QED) is 0.175. The summed E-state index contributed by atoms with van der Waals surface area (Å²) in [5, 5.41) is 3.65. The minimum absolute atomic E-state index is 0.161. The number of hydrogen-bond donors (Lipinski definition) is 0. The lowest BCUT2D eigenvalue weighted by molar-refractivity contribution is -0.201. The molecule has 0 bridgehead atoms. The van der Waals surface area contributed by atoms with Crippen LogP contribution in [0.3, 0.4) is 0 Å². The van der Waals surface area contributed by atoms with Crippen LogP contribution in [-0.2, 0) is 33.3 Å². The Morgan fingerprint density at radius 2 is 1.84 bits per heavy atom. The first-order valence-corrected chi connectivity index (χ1v) is 10.6. The van der Waals surface area contributed by atoms with Gasteiger partial charge in [0.15, 0.2) is 0 Å². The van der Waals surface area contributed by atoms with Gasteiger partial charge in [-0.05, 0) is 23.7 Å². The predicted molar refractivity (Wildman–Crippen MR) is 109 cm³/mol. The van der Waals surface area contributed by atoms with Gasteiger partial charge in [-0.1, -0.05) is 32.8 Å². The van der Waals surface area contributed by atoms with Crippen molar-refractivity contribution >= 4 is 45.6 Å². The van der Waals surface area contributed by atoms with E-state index in [9.17, 15) is 18.8 Å². The highest BCUT2D eigenvalue weighted by Gasteiger charge is 2.50. The van der Waals surface area contributed by atoms with Gasteiger partial charge in [0.2, 0.25) is 0 Å². The third-order valence-corrected chi connectivity index (χ3v) is 5.66. The Morgan fingerprint density at radius 1 is 1.19 bits per heavy atom. The van der Waals surface area contributed by atoms with Crippen LogP contribution in [0.5, 0.6) is 0 Å². The van der Waals surface area contributed by atoms with E-state index in [0.29, 0.717) is 4.47 Å². The van der Waals surface area contributed by atoms with Crippen molar-refractivity contribution in [2.75, 3.05) is 6.61 Å². The van der Waals surface area contributed by atoms with E-state index >= 15 is 0 Å². The second-order valence-corrected chi connectivity index (χ2v) is 8.44. The molecule has 2 rings (SSSR count). The lowest BCUT2D eigenvalue weighted by Gasteiger charge is -2.43. The van der Waals surface area contributed by atoms with Gasteiger partial charge in [0.25, 0.3) is 0 Å². The van der Waals surface area contributed by atoms with Crippen molar-refractivity contribution in [2.24, 2.45) is 5.11 Å². The molecule has 1 aromatic rings. The second kappa shape index (κ2) is 11.3. The van der Waals surface area contributed by atoms with Gasteiger partial charge < -0.3 is 18.9 Å². The SMILES string of the molecule is CC(=O)OCC1O[C@H](Sc2cc(Br)ccc2F)C(OC(C)=O)C(N=[N+]=[N-])[C@H]1OC(C)=O. The van der Waals surface area contributed by atoms with Crippen LogP contribution in [0.4, 0.5) is 4.39 Å². The molecule has 0 N–H and O–H groups in total. The van der Waals surface area contributed by atoms with E-state index in [1.165, 1.54) is 25.1 Å². The van der Waals surface area contributed by atoms with Crippen molar-refractivity contribution in [1.29, 1.82) is 0 Å². The number of esters is 3. The summed E-state index contributed by atoms with van der Waals surface area (Å²) in [5.41, 5.74) is 7.99. The number of carbonyl (C=O) groups excluding carboxylic acids is 3. The molecule has 0 radical (unpaired) electrons. The molecular weight excluding hydrogens is 501 g/mol. The standard InChI is InChI=1S/C18H19BrFN3O7S/c1-8(24)27-7-13-16(28-9(2)25)15(22-23-21)17(29-10(3)26)18(30-13)31-14-6-11(19)4-5-12(14)20/h4-6,13,15-18H,7H2,1-3H3/t13?,15?,16-,17?,18+/m0/s1. The average Bonchev–Trinajstić information content (AvgIpc) is 2.67. The number of benzene rings is 1. The second-order valence-electron chi connectivity index (χ2n) is 6.38. The van der Waals surface area contributed by atoms with Crippen LogP contribution in [0.15, 0.2) is 32.7 Å². The molecule has 0 spiro atoms. The van der Waals surface area contributed by atoms with Gasteiger partial charge in [-0.3, -0.25) is 14.4 Å². The minimum atomic E-state index is -1.23. The third-order valence-electron chi connectivity index (χ3n) is 3.99. The van der Waals surface area contributed by atoms with Crippen LogP contribution in [-0.4, -0.2) is 54.3 Å². The normalized spacial score (nSPS) is 25.1. The van der Waals surface area contributed by atoms with Gasteiger partial charge in [0, 0.05) is 35.1 Å². The topological polar surface area (TPSA) is 137 Å². The molecule has 31 heavy (non-hydrogen) atoms. The summed E-state index contributed by atoms with van der Waals surface area (Å²) >= 11 is 4.13. The molecule has 5 atom stereocenters. The summed E-state index contributed by atoms with van der Waals surface area (Å²) < 4.78 is 36.4. The average molecular weight is 520 g/mol. The van der Waals surface area contributed by atoms with Crippen LogP contribution >= 0.6 is 27.7 Å². The summed E-state index contributed by atoms with van der Waals surface area (Å²) in [5.74, 6) is -2.61. The van der Waals surface area contributed by atoms with Crippen molar-refractivity contribution in [1.82, 2.24) is 0 Å². The monoisotopic (exact) mass is 519 g/mol. The summed E-state index contributed by atoms with van der Waals surface area (Å²) in [6.07, 6.45) is -3.51. The third kappa shape index (κ3) is 7.10. The first kappa shape index (κ1) is 24.9. The number of nitrogens with zero attached hydrogens (tertiary/aromatic N) is 3. The van der Waals surface area contributed by atoms with E-state index in [4.69, 9.17) is 24.5 Å². The van der Waals surface area contributed by atoms with E-state index in [1.54, 1.807) is 0 Å². The number of azide groups is 1. The zero-order valence-electron chi connectivity index (χ0n) is 16.7. The van der Waals surface area contributed by atoms with Gasteiger partial charge in [-0.15, -0.1) is 0 Å². The summed E-state index contributed by atoms with van der Waals surface area (Å²) in [4.78, 5) is 37.6. The molecular formula is C18H19BrFN3O7S. The van der Waals surface area contributed by atoms with Gasteiger partial charge in [-0.2, -0.15) is 0 Å². The highest BCUT2D eigenvalue weighted by molar-refractivity contribution is 9.10. The molecule has 1 fully saturated rings. The van der Waals surface area contributed by atoms with E-state index in [0.717, 1.165) is 25.6 Å². The smallest absolute Gasteiger partial charge is 0.303 e. The maximum Gasteiger partial charge on any atom is 0.303 e. The largest absolute Gasteiger partial charge is 0.463 e. The van der Waals surface area contributed by atoms with Crippen LogP contribution in [0.25, 0.3) is 10.4 Å². The summed E-state index contributed by atoms with van der Waals surface area (Å²) in [6, 6.07) is 3.02. The summed E-state index contributed by atoms with van der Waals surface area (Å²) in [6.45, 7) is 3.11. The lowest BCUT2D eigenvalue weighted by Crippen LogP contribution is -2.59. The first-order valence-electron chi connectivity index (χ1n) is 8.91. The number of halogens is 2. The van der Waals surface area contributed by atoms with Crippen LogP contribution in [0.2, 0.25) is 0 Å².